The van der Waals surface area contributed by atoms with Crippen molar-refractivity contribution in [2.75, 3.05) is 13.1 Å². The molecule has 110 valence electrons. The zero-order valence-corrected chi connectivity index (χ0v) is 13.6. The Hall–Kier alpha value is -0.920. The fraction of sp³-hybridized carbons (Fsp3) is 0.462. The van der Waals surface area contributed by atoms with Gasteiger partial charge in [-0.25, -0.2) is 8.42 Å². The van der Waals surface area contributed by atoms with E-state index in [1.165, 1.54) is 11.2 Å². The third-order valence-corrected chi connectivity index (χ3v) is 5.80. The minimum Gasteiger partial charge on any atom is -0.352 e. The maximum Gasteiger partial charge on any atom is 0.243 e. The maximum atomic E-state index is 12.5. The predicted molar refractivity (Wildman–Crippen MR) is 80.1 cm³/mol. The fourth-order valence-corrected chi connectivity index (χ4v) is 4.13. The molecular formula is C13H17BrN2O3S. The number of hydrogen-bond donors (Lipinski definition) is 1. The quantitative estimate of drug-likeness (QED) is 0.827. The van der Waals surface area contributed by atoms with E-state index in [0.717, 1.165) is 5.56 Å². The van der Waals surface area contributed by atoms with Gasteiger partial charge in [-0.15, -0.1) is 0 Å². The lowest BCUT2D eigenvalue weighted by atomic mass is 10.2. The molecule has 2 rings (SSSR count). The van der Waals surface area contributed by atoms with Crippen molar-refractivity contribution >= 4 is 31.9 Å². The van der Waals surface area contributed by atoms with Crippen LogP contribution in [0.25, 0.3) is 0 Å². The van der Waals surface area contributed by atoms with Crippen LogP contribution < -0.4 is 5.32 Å². The second kappa shape index (κ2) is 6.24. The van der Waals surface area contributed by atoms with Crippen LogP contribution in [0.5, 0.6) is 0 Å². The number of carbonyl (C=O) groups excluding carboxylic acids is 1. The molecule has 1 aliphatic rings. The van der Waals surface area contributed by atoms with Crippen molar-refractivity contribution in [1.29, 1.82) is 0 Å². The van der Waals surface area contributed by atoms with E-state index in [1.54, 1.807) is 24.3 Å². The molecule has 0 radical (unpaired) electrons. The molecule has 0 saturated carbocycles. The minimum atomic E-state index is -3.47. The van der Waals surface area contributed by atoms with Crippen LogP contribution in [-0.2, 0) is 20.1 Å². The zero-order chi connectivity index (χ0) is 14.8. The number of amides is 1. The highest BCUT2D eigenvalue weighted by atomic mass is 79.9. The van der Waals surface area contributed by atoms with Crippen molar-refractivity contribution in [3.63, 3.8) is 0 Å². The first kappa shape index (κ1) is 15.5. The molecule has 0 bridgehead atoms. The largest absolute Gasteiger partial charge is 0.352 e. The van der Waals surface area contributed by atoms with E-state index in [9.17, 15) is 13.2 Å². The summed E-state index contributed by atoms with van der Waals surface area (Å²) in [6.07, 6.45) is 0.651. The van der Waals surface area contributed by atoms with E-state index in [0.29, 0.717) is 29.7 Å². The normalized spacial score (nSPS) is 20.0. The second-order valence-corrected chi connectivity index (χ2v) is 7.33. The Balaban J connectivity index is 2.12. The van der Waals surface area contributed by atoms with Gasteiger partial charge in [0.2, 0.25) is 15.9 Å². The van der Waals surface area contributed by atoms with Crippen molar-refractivity contribution in [3.05, 3.63) is 29.8 Å². The van der Waals surface area contributed by atoms with E-state index in [-0.39, 0.29) is 11.9 Å². The van der Waals surface area contributed by atoms with Crippen LogP contribution in [0.3, 0.4) is 0 Å². The van der Waals surface area contributed by atoms with Crippen LogP contribution in [0.4, 0.5) is 0 Å². The minimum absolute atomic E-state index is 0.0934. The third kappa shape index (κ3) is 3.39. The lowest BCUT2D eigenvalue weighted by molar-refractivity contribution is -0.119. The summed E-state index contributed by atoms with van der Waals surface area (Å²) in [5.74, 6) is -0.129. The first-order valence-electron chi connectivity index (χ1n) is 6.35. The molecular weight excluding hydrogens is 344 g/mol. The van der Waals surface area contributed by atoms with E-state index in [1.807, 2.05) is 0 Å². The monoisotopic (exact) mass is 360 g/mol. The van der Waals surface area contributed by atoms with Crippen molar-refractivity contribution in [1.82, 2.24) is 9.62 Å². The summed E-state index contributed by atoms with van der Waals surface area (Å²) in [6.45, 7) is 2.21. The lowest BCUT2D eigenvalue weighted by Gasteiger charge is -2.17. The van der Waals surface area contributed by atoms with Gasteiger partial charge in [-0.2, -0.15) is 4.31 Å². The van der Waals surface area contributed by atoms with Crippen LogP contribution in [0, 0.1) is 0 Å². The number of nitrogens with one attached hydrogen (secondary N) is 1. The van der Waals surface area contributed by atoms with E-state index < -0.39 is 10.0 Å². The molecule has 1 atom stereocenters. The summed E-state index contributed by atoms with van der Waals surface area (Å²) in [5.41, 5.74) is 1.03. The van der Waals surface area contributed by atoms with Crippen LogP contribution in [-0.4, -0.2) is 37.8 Å². The Morgan fingerprint density at radius 2 is 2.05 bits per heavy atom. The van der Waals surface area contributed by atoms with Gasteiger partial charge in [0.1, 0.15) is 0 Å². The van der Waals surface area contributed by atoms with Gasteiger partial charge in [0, 0.05) is 31.4 Å². The van der Waals surface area contributed by atoms with Gasteiger partial charge in [0.25, 0.3) is 0 Å². The zero-order valence-electron chi connectivity index (χ0n) is 11.2. The molecule has 1 heterocycles. The average Bonchev–Trinajstić information content (AvgIpc) is 2.87. The van der Waals surface area contributed by atoms with Crippen molar-refractivity contribution < 1.29 is 13.2 Å². The smallest absolute Gasteiger partial charge is 0.243 e. The molecule has 0 aliphatic carbocycles. The van der Waals surface area contributed by atoms with Gasteiger partial charge < -0.3 is 5.32 Å². The van der Waals surface area contributed by atoms with Crippen LogP contribution in [0.15, 0.2) is 29.2 Å². The van der Waals surface area contributed by atoms with Gasteiger partial charge in [0.05, 0.1) is 4.90 Å². The summed E-state index contributed by atoms with van der Waals surface area (Å²) < 4.78 is 26.4. The number of hydrogen-bond acceptors (Lipinski definition) is 3. The van der Waals surface area contributed by atoms with Gasteiger partial charge in [0.15, 0.2) is 0 Å². The number of nitrogens with zero attached hydrogens (tertiary/aromatic N) is 1. The van der Waals surface area contributed by atoms with Crippen LogP contribution >= 0.6 is 15.9 Å². The van der Waals surface area contributed by atoms with Gasteiger partial charge in [-0.05, 0) is 24.1 Å². The summed E-state index contributed by atoms with van der Waals surface area (Å²) in [5, 5.41) is 3.46. The van der Waals surface area contributed by atoms with E-state index in [2.05, 4.69) is 21.2 Å². The molecule has 1 amide bonds. The second-order valence-electron chi connectivity index (χ2n) is 4.83. The molecule has 1 N–H and O–H groups in total. The molecule has 1 saturated heterocycles. The molecule has 7 heteroatoms. The van der Waals surface area contributed by atoms with Crippen LogP contribution in [0.2, 0.25) is 0 Å². The first-order chi connectivity index (χ1) is 9.43. The number of benzene rings is 1. The van der Waals surface area contributed by atoms with Crippen molar-refractivity contribution in [2.45, 2.75) is 29.6 Å². The van der Waals surface area contributed by atoms with Gasteiger partial charge >= 0.3 is 0 Å². The Kier molecular flexibility index (Phi) is 4.82. The molecule has 1 aliphatic heterocycles. The predicted octanol–water partition coefficient (Wildman–Crippen LogP) is 1.48. The Bertz CT molecular complexity index is 586. The van der Waals surface area contributed by atoms with Gasteiger partial charge in [-0.3, -0.25) is 4.79 Å². The van der Waals surface area contributed by atoms with E-state index in [4.69, 9.17) is 0 Å². The third-order valence-electron chi connectivity index (χ3n) is 3.27. The van der Waals surface area contributed by atoms with Crippen LogP contribution in [0.1, 0.15) is 18.9 Å². The molecule has 1 fully saturated rings. The highest BCUT2D eigenvalue weighted by Gasteiger charge is 2.32. The fourth-order valence-electron chi connectivity index (χ4n) is 2.25. The standard InChI is InChI=1S/C13H17BrN2O3S/c1-10(17)15-12-6-7-16(9-12)20(18,19)13-4-2-11(8-14)3-5-13/h2-5,12H,6-9H2,1H3,(H,15,17). The summed E-state index contributed by atoms with van der Waals surface area (Å²) in [4.78, 5) is 11.3. The average molecular weight is 361 g/mol. The Morgan fingerprint density at radius 1 is 1.40 bits per heavy atom. The Labute approximate surface area is 127 Å². The Morgan fingerprint density at radius 3 is 2.60 bits per heavy atom. The topological polar surface area (TPSA) is 66.5 Å². The number of halogens is 1. The lowest BCUT2D eigenvalue weighted by Crippen LogP contribution is -2.37. The molecule has 20 heavy (non-hydrogen) atoms. The first-order valence-corrected chi connectivity index (χ1v) is 8.92. The highest BCUT2D eigenvalue weighted by molar-refractivity contribution is 9.08. The SMILES string of the molecule is CC(=O)NC1CCN(S(=O)(=O)c2ccc(CBr)cc2)C1. The molecule has 0 spiro atoms. The van der Waals surface area contributed by atoms with Crippen molar-refractivity contribution in [3.8, 4) is 0 Å². The molecule has 5 nitrogen and oxygen atoms in total. The molecule has 1 aromatic rings. The number of rotatable bonds is 4. The van der Waals surface area contributed by atoms with Gasteiger partial charge in [-0.1, -0.05) is 28.1 Å². The number of carbonyl (C=O) groups is 1. The molecule has 1 unspecified atom stereocenters. The summed E-state index contributed by atoms with van der Waals surface area (Å²) >= 11 is 3.33. The van der Waals surface area contributed by atoms with E-state index >= 15 is 0 Å². The van der Waals surface area contributed by atoms with Crippen molar-refractivity contribution in [2.24, 2.45) is 0 Å². The molecule has 1 aromatic carbocycles. The maximum absolute atomic E-state index is 12.5. The number of alkyl halides is 1. The summed E-state index contributed by atoms with van der Waals surface area (Å²) in [6, 6.07) is 6.74. The highest BCUT2D eigenvalue weighted by Crippen LogP contribution is 2.22. The molecule has 0 aromatic heterocycles. The number of sulfonamides is 1. The summed E-state index contributed by atoms with van der Waals surface area (Å²) in [7, 11) is -3.47.